The number of nitrogen functional groups attached to an aromatic ring is 1. The van der Waals surface area contributed by atoms with Gasteiger partial charge in [-0.05, 0) is 24.5 Å². The number of anilines is 2. The Kier molecular flexibility index (Phi) is 4.09. The van der Waals surface area contributed by atoms with Gasteiger partial charge >= 0.3 is 5.69 Å². The summed E-state index contributed by atoms with van der Waals surface area (Å²) >= 11 is 0. The summed E-state index contributed by atoms with van der Waals surface area (Å²) in [6.45, 7) is 2.68. The molecular weight excluding hydrogens is 258 g/mol. The summed E-state index contributed by atoms with van der Waals surface area (Å²) in [6.07, 6.45) is 1.92. The Balaban J connectivity index is 1.97. The molecule has 0 saturated carbocycles. The van der Waals surface area contributed by atoms with Crippen LogP contribution in [0.5, 0.6) is 0 Å². The molecule has 20 heavy (non-hydrogen) atoms. The van der Waals surface area contributed by atoms with Crippen LogP contribution in [-0.4, -0.2) is 21.4 Å². The van der Waals surface area contributed by atoms with Crippen molar-refractivity contribution in [3.8, 4) is 0 Å². The summed E-state index contributed by atoms with van der Waals surface area (Å²) in [4.78, 5) is 17.7. The lowest BCUT2D eigenvalue weighted by Gasteiger charge is -2.07. The van der Waals surface area contributed by atoms with E-state index in [-0.39, 0.29) is 11.5 Å². The van der Waals surface area contributed by atoms with E-state index in [1.165, 1.54) is 11.1 Å². The minimum atomic E-state index is -0.605. The molecule has 0 aliphatic rings. The normalized spacial score (nSPS) is 10.2. The Morgan fingerprint density at radius 1 is 1.40 bits per heavy atom. The molecule has 1 heterocycles. The zero-order valence-electron chi connectivity index (χ0n) is 11.0. The Bertz CT molecular complexity index is 630. The van der Waals surface area contributed by atoms with E-state index in [1.54, 1.807) is 0 Å². The van der Waals surface area contributed by atoms with Crippen LogP contribution in [0, 0.1) is 17.0 Å². The zero-order chi connectivity index (χ0) is 14.5. The third-order valence-electron chi connectivity index (χ3n) is 2.93. The Hall–Kier alpha value is -2.70. The fraction of sp³-hybridized carbons (Fsp3) is 0.231. The fourth-order valence-electron chi connectivity index (χ4n) is 1.81. The summed E-state index contributed by atoms with van der Waals surface area (Å²) in [7, 11) is 0. The molecule has 7 nitrogen and oxygen atoms in total. The first kappa shape index (κ1) is 13.7. The van der Waals surface area contributed by atoms with Gasteiger partial charge in [-0.25, -0.2) is 4.98 Å². The third-order valence-corrected chi connectivity index (χ3v) is 2.93. The van der Waals surface area contributed by atoms with Crippen LogP contribution in [0.1, 0.15) is 11.1 Å². The van der Waals surface area contributed by atoms with Gasteiger partial charge in [0.25, 0.3) is 0 Å². The monoisotopic (exact) mass is 273 g/mol. The molecule has 104 valence electrons. The lowest BCUT2D eigenvalue weighted by atomic mass is 10.1. The highest BCUT2D eigenvalue weighted by molar-refractivity contribution is 5.53. The predicted octanol–water partition coefficient (Wildman–Crippen LogP) is 1.93. The summed E-state index contributed by atoms with van der Waals surface area (Å²) < 4.78 is 0. The van der Waals surface area contributed by atoms with Gasteiger partial charge in [-0.3, -0.25) is 10.1 Å². The average molecular weight is 273 g/mol. The van der Waals surface area contributed by atoms with Crippen LogP contribution in [0.2, 0.25) is 0 Å². The molecule has 0 radical (unpaired) electrons. The predicted molar refractivity (Wildman–Crippen MR) is 76.5 cm³/mol. The molecule has 0 aliphatic heterocycles. The van der Waals surface area contributed by atoms with Crippen molar-refractivity contribution in [3.63, 3.8) is 0 Å². The molecule has 0 amide bonds. The average Bonchev–Trinajstić information content (AvgIpc) is 2.40. The number of aromatic nitrogens is 2. The first-order chi connectivity index (χ1) is 9.58. The molecule has 0 fully saturated rings. The standard InChI is InChI=1S/C13H15N5O2/c1-9-4-2-3-5-10(9)6-7-15-13-16-8-11(18(19)20)12(14)17-13/h2-5,8H,6-7H2,1H3,(H3,14,15,16,17). The maximum Gasteiger partial charge on any atom is 0.329 e. The van der Waals surface area contributed by atoms with E-state index in [4.69, 9.17) is 5.73 Å². The van der Waals surface area contributed by atoms with Crippen molar-refractivity contribution in [2.45, 2.75) is 13.3 Å². The number of nitrogens with zero attached hydrogens (tertiary/aromatic N) is 3. The molecule has 0 bridgehead atoms. The molecule has 0 aliphatic carbocycles. The molecule has 3 N–H and O–H groups in total. The molecule has 2 aromatic rings. The second kappa shape index (κ2) is 5.96. The van der Waals surface area contributed by atoms with Crippen LogP contribution in [0.15, 0.2) is 30.5 Å². The lowest BCUT2D eigenvalue weighted by Crippen LogP contribution is -2.10. The van der Waals surface area contributed by atoms with Gasteiger partial charge in [0.1, 0.15) is 6.20 Å². The smallest absolute Gasteiger partial charge is 0.329 e. The minimum absolute atomic E-state index is 0.136. The number of hydrogen-bond acceptors (Lipinski definition) is 6. The number of rotatable bonds is 5. The van der Waals surface area contributed by atoms with Crippen molar-refractivity contribution in [2.75, 3.05) is 17.6 Å². The van der Waals surface area contributed by atoms with Gasteiger partial charge in [-0.1, -0.05) is 24.3 Å². The van der Waals surface area contributed by atoms with Gasteiger partial charge in [0.2, 0.25) is 11.8 Å². The van der Waals surface area contributed by atoms with Gasteiger partial charge in [0.15, 0.2) is 0 Å². The number of aryl methyl sites for hydroxylation is 1. The number of nitro groups is 1. The molecular formula is C13H15N5O2. The van der Waals surface area contributed by atoms with Gasteiger partial charge in [0.05, 0.1) is 4.92 Å². The minimum Gasteiger partial charge on any atom is -0.378 e. The fourth-order valence-corrected chi connectivity index (χ4v) is 1.81. The van der Waals surface area contributed by atoms with Crippen molar-refractivity contribution in [3.05, 3.63) is 51.7 Å². The van der Waals surface area contributed by atoms with E-state index in [2.05, 4.69) is 34.3 Å². The maximum atomic E-state index is 10.6. The van der Waals surface area contributed by atoms with Crippen molar-refractivity contribution < 1.29 is 4.92 Å². The van der Waals surface area contributed by atoms with Gasteiger partial charge in [-0.15, -0.1) is 0 Å². The highest BCUT2D eigenvalue weighted by atomic mass is 16.6. The Morgan fingerprint density at radius 3 is 2.80 bits per heavy atom. The molecule has 2 rings (SSSR count). The van der Waals surface area contributed by atoms with Crippen LogP contribution in [0.25, 0.3) is 0 Å². The van der Waals surface area contributed by atoms with Crippen LogP contribution in [-0.2, 0) is 6.42 Å². The van der Waals surface area contributed by atoms with Gasteiger partial charge in [-0.2, -0.15) is 4.98 Å². The lowest BCUT2D eigenvalue weighted by molar-refractivity contribution is -0.384. The number of hydrogen-bond donors (Lipinski definition) is 2. The van der Waals surface area contributed by atoms with E-state index < -0.39 is 4.92 Å². The second-order valence-corrected chi connectivity index (χ2v) is 4.32. The van der Waals surface area contributed by atoms with Crippen LogP contribution in [0.4, 0.5) is 17.5 Å². The van der Waals surface area contributed by atoms with E-state index in [0.717, 1.165) is 12.6 Å². The van der Waals surface area contributed by atoms with E-state index >= 15 is 0 Å². The van der Waals surface area contributed by atoms with Gasteiger partial charge in [0, 0.05) is 6.54 Å². The Morgan fingerprint density at radius 2 is 2.15 bits per heavy atom. The topological polar surface area (TPSA) is 107 Å². The summed E-state index contributed by atoms with van der Waals surface area (Å²) in [5, 5.41) is 13.6. The highest BCUT2D eigenvalue weighted by Crippen LogP contribution is 2.18. The molecule has 0 atom stereocenters. The summed E-state index contributed by atoms with van der Waals surface area (Å²) in [5.74, 6) is 0.157. The second-order valence-electron chi connectivity index (χ2n) is 4.32. The van der Waals surface area contributed by atoms with Crippen molar-refractivity contribution in [1.82, 2.24) is 9.97 Å². The summed E-state index contributed by atoms with van der Waals surface area (Å²) in [6, 6.07) is 8.09. The first-order valence-corrected chi connectivity index (χ1v) is 6.13. The highest BCUT2D eigenvalue weighted by Gasteiger charge is 2.13. The maximum absolute atomic E-state index is 10.6. The largest absolute Gasteiger partial charge is 0.378 e. The molecule has 0 saturated heterocycles. The molecule has 7 heteroatoms. The molecule has 0 unspecified atom stereocenters. The van der Waals surface area contributed by atoms with Crippen molar-refractivity contribution in [1.29, 1.82) is 0 Å². The van der Waals surface area contributed by atoms with Crippen molar-refractivity contribution in [2.24, 2.45) is 0 Å². The number of benzene rings is 1. The molecule has 0 spiro atoms. The number of nitrogens with two attached hydrogens (primary N) is 1. The van der Waals surface area contributed by atoms with Crippen molar-refractivity contribution >= 4 is 17.5 Å². The van der Waals surface area contributed by atoms with E-state index in [0.29, 0.717) is 12.5 Å². The van der Waals surface area contributed by atoms with Gasteiger partial charge < -0.3 is 11.1 Å². The van der Waals surface area contributed by atoms with E-state index in [9.17, 15) is 10.1 Å². The van der Waals surface area contributed by atoms with Crippen LogP contribution >= 0.6 is 0 Å². The van der Waals surface area contributed by atoms with E-state index in [1.807, 2.05) is 12.1 Å². The van der Waals surface area contributed by atoms with Crippen LogP contribution < -0.4 is 11.1 Å². The SMILES string of the molecule is Cc1ccccc1CCNc1ncc([N+](=O)[O-])c(N)n1. The molecule has 1 aromatic carbocycles. The Labute approximate surface area is 116 Å². The first-order valence-electron chi connectivity index (χ1n) is 6.13. The third kappa shape index (κ3) is 3.19. The summed E-state index contributed by atoms with van der Waals surface area (Å²) in [5.41, 5.74) is 7.67. The zero-order valence-corrected chi connectivity index (χ0v) is 11.0. The van der Waals surface area contributed by atoms with Crippen LogP contribution in [0.3, 0.4) is 0 Å². The quantitative estimate of drug-likeness (QED) is 0.636. The molecule has 1 aromatic heterocycles. The number of nitrogens with one attached hydrogen (secondary N) is 1.